The zero-order valence-corrected chi connectivity index (χ0v) is 16.2. The van der Waals surface area contributed by atoms with E-state index >= 15 is 0 Å². The van der Waals surface area contributed by atoms with Crippen LogP contribution >= 0.6 is 0 Å². The Morgan fingerprint density at radius 1 is 0.792 bits per heavy atom. The van der Waals surface area contributed by atoms with Crippen LogP contribution in [0.4, 0.5) is 0 Å². The maximum atomic E-state index is 6.04. The van der Waals surface area contributed by atoms with Gasteiger partial charge in [-0.15, -0.1) is 0 Å². The fraction of sp³-hybridized carbons (Fsp3) is 0.826. The van der Waals surface area contributed by atoms with Gasteiger partial charge in [0.15, 0.2) is 0 Å². The molecule has 2 fully saturated rings. The molecule has 0 radical (unpaired) electrons. The predicted octanol–water partition coefficient (Wildman–Crippen LogP) is 7.08. The van der Waals surface area contributed by atoms with E-state index in [0.717, 1.165) is 24.4 Å². The van der Waals surface area contributed by atoms with Crippen molar-refractivity contribution in [1.29, 1.82) is 0 Å². The van der Waals surface area contributed by atoms with Gasteiger partial charge in [0.2, 0.25) is 0 Å². The van der Waals surface area contributed by atoms with Crippen LogP contribution < -0.4 is 0 Å². The van der Waals surface area contributed by atoms with Gasteiger partial charge >= 0.3 is 0 Å². The molecule has 1 heteroatoms. The minimum absolute atomic E-state index is 0.532. The Bertz CT molecular complexity index is 354. The Balaban J connectivity index is 1.58. The largest absolute Gasteiger partial charge is 0.374 e. The van der Waals surface area contributed by atoms with E-state index in [1.54, 1.807) is 0 Å². The van der Waals surface area contributed by atoms with Crippen molar-refractivity contribution >= 4 is 0 Å². The van der Waals surface area contributed by atoms with Crippen LogP contribution in [-0.2, 0) is 4.74 Å². The van der Waals surface area contributed by atoms with E-state index in [0.29, 0.717) is 6.10 Å². The normalized spacial score (nSPS) is 31.9. The van der Waals surface area contributed by atoms with Gasteiger partial charge in [-0.2, -0.15) is 0 Å². The highest BCUT2D eigenvalue weighted by Gasteiger charge is 2.30. The summed E-state index contributed by atoms with van der Waals surface area (Å²) in [6.45, 7) is 5.19. The Labute approximate surface area is 150 Å². The standard InChI is InChI=1S/C23H40O/c1-3-5-7-9-19-24-23-17-15-22(16-18-23)21-13-11-20(12-14-21)10-8-6-4-2/h4,6-7,9,20-23H,3,5,8,10-19H2,1-2H3. The first-order valence-electron chi connectivity index (χ1n) is 10.7. The third kappa shape index (κ3) is 7.13. The van der Waals surface area contributed by atoms with Crippen molar-refractivity contribution in [3.8, 4) is 0 Å². The van der Waals surface area contributed by atoms with Gasteiger partial charge in [-0.1, -0.05) is 50.5 Å². The van der Waals surface area contributed by atoms with E-state index in [2.05, 4.69) is 38.2 Å². The van der Waals surface area contributed by atoms with E-state index in [4.69, 9.17) is 4.74 Å². The molecule has 0 amide bonds. The molecule has 2 aliphatic rings. The monoisotopic (exact) mass is 332 g/mol. The highest BCUT2D eigenvalue weighted by atomic mass is 16.5. The van der Waals surface area contributed by atoms with Gasteiger partial charge in [0, 0.05) is 0 Å². The summed E-state index contributed by atoms with van der Waals surface area (Å²) in [7, 11) is 0. The Kier molecular flexibility index (Phi) is 9.80. The molecule has 0 bridgehead atoms. The lowest BCUT2D eigenvalue weighted by molar-refractivity contribution is 0.0210. The van der Waals surface area contributed by atoms with Gasteiger partial charge in [0.05, 0.1) is 12.7 Å². The van der Waals surface area contributed by atoms with Crippen LogP contribution in [0, 0.1) is 17.8 Å². The summed E-state index contributed by atoms with van der Waals surface area (Å²) in [5.41, 5.74) is 0. The lowest BCUT2D eigenvalue weighted by Gasteiger charge is -2.37. The SMILES string of the molecule is CC=CCCC1CCC(C2CCC(OCC=CCCC)CC2)CC1. The third-order valence-corrected chi connectivity index (χ3v) is 6.30. The first-order chi connectivity index (χ1) is 11.8. The van der Waals surface area contributed by atoms with Crippen molar-refractivity contribution in [2.45, 2.75) is 97.0 Å². The molecule has 0 spiro atoms. The molecule has 2 saturated carbocycles. The van der Waals surface area contributed by atoms with Crippen molar-refractivity contribution in [3.63, 3.8) is 0 Å². The van der Waals surface area contributed by atoms with Crippen molar-refractivity contribution < 1.29 is 4.74 Å². The molecule has 138 valence electrons. The van der Waals surface area contributed by atoms with Crippen LogP contribution in [0.25, 0.3) is 0 Å². The highest BCUT2D eigenvalue weighted by molar-refractivity contribution is 4.85. The van der Waals surface area contributed by atoms with E-state index in [1.807, 2.05) is 0 Å². The van der Waals surface area contributed by atoms with Gasteiger partial charge in [-0.05, 0) is 82.5 Å². The van der Waals surface area contributed by atoms with Gasteiger partial charge in [0.25, 0.3) is 0 Å². The van der Waals surface area contributed by atoms with Crippen molar-refractivity contribution in [3.05, 3.63) is 24.3 Å². The number of ether oxygens (including phenoxy) is 1. The summed E-state index contributed by atoms with van der Waals surface area (Å²) < 4.78 is 6.04. The number of unbranched alkanes of at least 4 members (excludes halogenated alkanes) is 1. The van der Waals surface area contributed by atoms with E-state index in [1.165, 1.54) is 77.0 Å². The molecule has 24 heavy (non-hydrogen) atoms. The summed E-state index contributed by atoms with van der Waals surface area (Å²) in [5.74, 6) is 3.03. The lowest BCUT2D eigenvalue weighted by Crippen LogP contribution is -2.28. The number of allylic oxidation sites excluding steroid dienone is 3. The Hall–Kier alpha value is -0.560. The van der Waals surface area contributed by atoms with Gasteiger partial charge < -0.3 is 4.74 Å². The molecular formula is C23H40O. The first kappa shape index (κ1) is 19.8. The van der Waals surface area contributed by atoms with Crippen molar-refractivity contribution in [2.24, 2.45) is 17.8 Å². The van der Waals surface area contributed by atoms with E-state index in [-0.39, 0.29) is 0 Å². The topological polar surface area (TPSA) is 9.23 Å². The van der Waals surface area contributed by atoms with Crippen LogP contribution in [0.15, 0.2) is 24.3 Å². The molecule has 0 atom stereocenters. The van der Waals surface area contributed by atoms with Crippen molar-refractivity contribution in [1.82, 2.24) is 0 Å². The minimum Gasteiger partial charge on any atom is -0.374 e. The summed E-state index contributed by atoms with van der Waals surface area (Å²) >= 11 is 0. The second kappa shape index (κ2) is 11.9. The smallest absolute Gasteiger partial charge is 0.0651 e. The quantitative estimate of drug-likeness (QED) is 0.410. The number of hydrogen-bond donors (Lipinski definition) is 0. The summed E-state index contributed by atoms with van der Waals surface area (Å²) in [6, 6.07) is 0. The van der Waals surface area contributed by atoms with E-state index in [9.17, 15) is 0 Å². The molecule has 0 aliphatic heterocycles. The number of rotatable bonds is 9. The average Bonchev–Trinajstić information content (AvgIpc) is 2.63. The molecule has 0 heterocycles. The molecule has 0 aromatic carbocycles. The second-order valence-corrected chi connectivity index (χ2v) is 8.06. The van der Waals surface area contributed by atoms with Crippen LogP contribution in [0.3, 0.4) is 0 Å². The Morgan fingerprint density at radius 3 is 2.08 bits per heavy atom. The highest BCUT2D eigenvalue weighted by Crippen LogP contribution is 2.41. The summed E-state index contributed by atoms with van der Waals surface area (Å²) in [5, 5.41) is 0. The molecule has 0 aromatic heterocycles. The summed E-state index contributed by atoms with van der Waals surface area (Å²) in [4.78, 5) is 0. The van der Waals surface area contributed by atoms with Crippen LogP contribution in [0.2, 0.25) is 0 Å². The van der Waals surface area contributed by atoms with Crippen LogP contribution in [0.5, 0.6) is 0 Å². The van der Waals surface area contributed by atoms with Crippen LogP contribution in [0.1, 0.15) is 90.9 Å². The predicted molar refractivity (Wildman–Crippen MR) is 105 cm³/mol. The molecule has 0 N–H and O–H groups in total. The minimum atomic E-state index is 0.532. The van der Waals surface area contributed by atoms with E-state index < -0.39 is 0 Å². The Morgan fingerprint density at radius 2 is 1.46 bits per heavy atom. The fourth-order valence-electron chi connectivity index (χ4n) is 4.72. The van der Waals surface area contributed by atoms with Crippen molar-refractivity contribution in [2.75, 3.05) is 6.61 Å². The van der Waals surface area contributed by atoms with Crippen LogP contribution in [-0.4, -0.2) is 12.7 Å². The lowest BCUT2D eigenvalue weighted by atomic mass is 9.70. The summed E-state index contributed by atoms with van der Waals surface area (Å²) in [6.07, 6.45) is 26.1. The molecule has 0 aromatic rings. The second-order valence-electron chi connectivity index (χ2n) is 8.06. The third-order valence-electron chi connectivity index (χ3n) is 6.30. The van der Waals surface area contributed by atoms with Gasteiger partial charge in [-0.25, -0.2) is 0 Å². The average molecular weight is 333 g/mol. The molecule has 0 saturated heterocycles. The fourth-order valence-corrected chi connectivity index (χ4v) is 4.72. The molecule has 2 aliphatic carbocycles. The van der Waals surface area contributed by atoms with Gasteiger partial charge in [-0.3, -0.25) is 0 Å². The molecule has 2 rings (SSSR count). The maximum absolute atomic E-state index is 6.04. The maximum Gasteiger partial charge on any atom is 0.0651 e. The molecular weight excluding hydrogens is 292 g/mol. The number of hydrogen-bond acceptors (Lipinski definition) is 1. The molecule has 1 nitrogen and oxygen atoms in total. The molecule has 0 unspecified atom stereocenters. The zero-order valence-electron chi connectivity index (χ0n) is 16.2. The van der Waals surface area contributed by atoms with Gasteiger partial charge in [0.1, 0.15) is 0 Å². The first-order valence-corrected chi connectivity index (χ1v) is 10.7. The zero-order chi connectivity index (χ0) is 17.0.